The molecule has 0 saturated carbocycles. The van der Waals surface area contributed by atoms with Gasteiger partial charge in [-0.1, -0.05) is 60.7 Å². The Morgan fingerprint density at radius 2 is 1.56 bits per heavy atom. The summed E-state index contributed by atoms with van der Waals surface area (Å²) in [6, 6.07) is 19.3. The Bertz CT molecular complexity index is 858. The minimum Gasteiger partial charge on any atom is -0.468 e. The third-order valence-corrected chi connectivity index (χ3v) is 5.43. The number of hydrogen-bond donors (Lipinski definition) is 0. The lowest BCUT2D eigenvalue weighted by Crippen LogP contribution is -2.54. The Kier molecular flexibility index (Phi) is 8.35. The zero-order valence-electron chi connectivity index (χ0n) is 18.6. The van der Waals surface area contributed by atoms with Gasteiger partial charge in [-0.2, -0.15) is 5.06 Å². The van der Waals surface area contributed by atoms with Crippen LogP contribution in [0.4, 0.5) is 0 Å². The summed E-state index contributed by atoms with van der Waals surface area (Å²) in [5.41, 5.74) is 0.293. The van der Waals surface area contributed by atoms with Crippen molar-refractivity contribution in [3.8, 4) is 0 Å². The standard InChI is InChI=1S/C24H29NO7/c1-18(31-17-30-15-20-12-8-5-9-13-20)21-24(22(26)28-2,23(27)29-3)16-25(32-21)14-19-10-6-4-7-11-19/h4-13,18,21H,14-17H2,1-3H3/t18-,21-/m0/s1. The zero-order valence-corrected chi connectivity index (χ0v) is 18.6. The van der Waals surface area contributed by atoms with Crippen molar-refractivity contribution in [3.63, 3.8) is 0 Å². The van der Waals surface area contributed by atoms with Gasteiger partial charge in [0.05, 0.1) is 33.5 Å². The van der Waals surface area contributed by atoms with Crippen LogP contribution in [0.1, 0.15) is 18.1 Å². The molecule has 0 amide bonds. The minimum absolute atomic E-state index is 0.0233. The molecule has 3 rings (SSSR count). The van der Waals surface area contributed by atoms with Crippen LogP contribution in [0.5, 0.6) is 0 Å². The molecule has 32 heavy (non-hydrogen) atoms. The molecular formula is C24H29NO7. The number of hydrogen-bond acceptors (Lipinski definition) is 8. The van der Waals surface area contributed by atoms with Crippen molar-refractivity contribution < 1.29 is 33.4 Å². The van der Waals surface area contributed by atoms with Crippen LogP contribution in [0.25, 0.3) is 0 Å². The Balaban J connectivity index is 1.72. The van der Waals surface area contributed by atoms with Crippen LogP contribution < -0.4 is 0 Å². The molecule has 1 heterocycles. The Hall–Kier alpha value is -2.78. The largest absolute Gasteiger partial charge is 0.468 e. The van der Waals surface area contributed by atoms with Gasteiger partial charge in [0.15, 0.2) is 0 Å². The van der Waals surface area contributed by atoms with Crippen molar-refractivity contribution in [2.75, 3.05) is 27.6 Å². The van der Waals surface area contributed by atoms with Crippen molar-refractivity contribution >= 4 is 11.9 Å². The SMILES string of the molecule is COC(=O)C1(C(=O)OC)CN(Cc2ccccc2)O[C@H]1[C@H](C)OCOCc1ccccc1. The molecular weight excluding hydrogens is 414 g/mol. The van der Waals surface area contributed by atoms with E-state index in [1.807, 2.05) is 60.7 Å². The molecule has 0 N–H and O–H groups in total. The van der Waals surface area contributed by atoms with Crippen molar-refractivity contribution in [3.05, 3.63) is 71.8 Å². The molecule has 0 bridgehead atoms. The zero-order chi connectivity index (χ0) is 23.0. The number of carbonyl (C=O) groups is 2. The average Bonchev–Trinajstić information content (AvgIpc) is 3.22. The topological polar surface area (TPSA) is 83.5 Å². The molecule has 0 aliphatic carbocycles. The van der Waals surface area contributed by atoms with Crippen molar-refractivity contribution in [2.24, 2.45) is 5.41 Å². The first-order chi connectivity index (χ1) is 15.5. The highest BCUT2D eigenvalue weighted by atomic mass is 16.7. The summed E-state index contributed by atoms with van der Waals surface area (Å²) >= 11 is 0. The van der Waals surface area contributed by atoms with Gasteiger partial charge in [0, 0.05) is 6.54 Å². The van der Waals surface area contributed by atoms with Gasteiger partial charge in [0.2, 0.25) is 5.41 Å². The lowest BCUT2D eigenvalue weighted by atomic mass is 9.80. The second-order valence-electron chi connectivity index (χ2n) is 7.59. The van der Waals surface area contributed by atoms with Crippen LogP contribution in [-0.4, -0.2) is 56.8 Å². The maximum Gasteiger partial charge on any atom is 0.327 e. The van der Waals surface area contributed by atoms with Gasteiger partial charge in [0.25, 0.3) is 0 Å². The smallest absolute Gasteiger partial charge is 0.327 e. The summed E-state index contributed by atoms with van der Waals surface area (Å²) < 4.78 is 21.4. The number of methoxy groups -OCH3 is 2. The molecule has 0 aromatic heterocycles. The van der Waals surface area contributed by atoms with E-state index in [-0.39, 0.29) is 13.3 Å². The highest BCUT2D eigenvalue weighted by Crippen LogP contribution is 2.39. The minimum atomic E-state index is -1.68. The second-order valence-corrected chi connectivity index (χ2v) is 7.59. The van der Waals surface area contributed by atoms with E-state index in [0.29, 0.717) is 13.2 Å². The van der Waals surface area contributed by atoms with Crippen LogP contribution in [0.2, 0.25) is 0 Å². The normalized spacial score (nSPS) is 18.8. The summed E-state index contributed by atoms with van der Waals surface area (Å²) in [5, 5.41) is 1.57. The molecule has 2 atom stereocenters. The number of rotatable bonds is 10. The second kappa shape index (κ2) is 11.2. The highest BCUT2D eigenvalue weighted by molar-refractivity contribution is 6.01. The quantitative estimate of drug-likeness (QED) is 0.240. The molecule has 2 aromatic carbocycles. The summed E-state index contributed by atoms with van der Waals surface area (Å²) in [6.45, 7) is 2.42. The van der Waals surface area contributed by atoms with Gasteiger partial charge < -0.3 is 18.9 Å². The van der Waals surface area contributed by atoms with E-state index in [0.717, 1.165) is 11.1 Å². The van der Waals surface area contributed by atoms with Crippen LogP contribution >= 0.6 is 0 Å². The first kappa shape index (κ1) is 23.9. The Morgan fingerprint density at radius 1 is 1.00 bits per heavy atom. The maximum absolute atomic E-state index is 12.8. The summed E-state index contributed by atoms with van der Waals surface area (Å²) in [7, 11) is 2.47. The van der Waals surface area contributed by atoms with E-state index < -0.39 is 29.6 Å². The highest BCUT2D eigenvalue weighted by Gasteiger charge is 2.63. The number of ether oxygens (including phenoxy) is 4. The predicted molar refractivity (Wildman–Crippen MR) is 115 cm³/mol. The molecule has 1 aliphatic rings. The maximum atomic E-state index is 12.8. The van der Waals surface area contributed by atoms with Gasteiger partial charge in [0.1, 0.15) is 12.9 Å². The van der Waals surface area contributed by atoms with Gasteiger partial charge in [-0.15, -0.1) is 0 Å². The van der Waals surface area contributed by atoms with Gasteiger partial charge in [-0.05, 0) is 18.1 Å². The summed E-state index contributed by atoms with van der Waals surface area (Å²) in [5.74, 6) is -1.46. The van der Waals surface area contributed by atoms with Gasteiger partial charge in [-0.3, -0.25) is 14.4 Å². The van der Waals surface area contributed by atoms with E-state index in [1.165, 1.54) is 14.2 Å². The molecule has 172 valence electrons. The van der Waals surface area contributed by atoms with E-state index in [2.05, 4.69) is 0 Å². The van der Waals surface area contributed by atoms with Crippen molar-refractivity contribution in [1.82, 2.24) is 5.06 Å². The van der Waals surface area contributed by atoms with E-state index in [4.69, 9.17) is 23.8 Å². The molecule has 8 nitrogen and oxygen atoms in total. The molecule has 0 radical (unpaired) electrons. The van der Waals surface area contributed by atoms with Gasteiger partial charge >= 0.3 is 11.9 Å². The molecule has 8 heteroatoms. The number of carbonyl (C=O) groups excluding carboxylic acids is 2. The average molecular weight is 443 g/mol. The molecule has 2 aromatic rings. The lowest BCUT2D eigenvalue weighted by molar-refractivity contribution is -0.213. The van der Waals surface area contributed by atoms with Crippen LogP contribution in [0.15, 0.2) is 60.7 Å². The summed E-state index contributed by atoms with van der Waals surface area (Å²) in [4.78, 5) is 31.8. The molecule has 1 fully saturated rings. The molecule has 0 unspecified atom stereocenters. The first-order valence-corrected chi connectivity index (χ1v) is 10.4. The monoisotopic (exact) mass is 443 g/mol. The third-order valence-electron chi connectivity index (χ3n) is 5.43. The van der Waals surface area contributed by atoms with Crippen molar-refractivity contribution in [2.45, 2.75) is 32.3 Å². The number of benzene rings is 2. The molecule has 1 aliphatic heterocycles. The Morgan fingerprint density at radius 3 is 2.12 bits per heavy atom. The third kappa shape index (κ3) is 5.34. The van der Waals surface area contributed by atoms with E-state index >= 15 is 0 Å². The number of hydroxylamine groups is 2. The fourth-order valence-corrected chi connectivity index (χ4v) is 3.81. The van der Waals surface area contributed by atoms with Crippen molar-refractivity contribution in [1.29, 1.82) is 0 Å². The molecule has 1 saturated heterocycles. The fourth-order valence-electron chi connectivity index (χ4n) is 3.81. The van der Waals surface area contributed by atoms with Crippen LogP contribution in [0.3, 0.4) is 0 Å². The van der Waals surface area contributed by atoms with Gasteiger partial charge in [-0.25, -0.2) is 0 Å². The van der Waals surface area contributed by atoms with E-state index in [9.17, 15) is 9.59 Å². The van der Waals surface area contributed by atoms with Crippen LogP contribution in [0, 0.1) is 5.41 Å². The first-order valence-electron chi connectivity index (χ1n) is 10.4. The van der Waals surface area contributed by atoms with E-state index in [1.54, 1.807) is 12.0 Å². The van der Waals surface area contributed by atoms with Crippen LogP contribution in [-0.2, 0) is 46.5 Å². The Labute approximate surface area is 187 Å². The predicted octanol–water partition coefficient (Wildman–Crippen LogP) is 2.71. The summed E-state index contributed by atoms with van der Waals surface area (Å²) in [6.07, 6.45) is -1.61. The lowest BCUT2D eigenvalue weighted by Gasteiger charge is -2.30. The fraction of sp³-hybridized carbons (Fsp3) is 0.417. The number of nitrogens with zero attached hydrogens (tertiary/aromatic N) is 1. The molecule has 0 spiro atoms. The number of esters is 2.